The number of aromatic nitrogens is 2. The van der Waals surface area contributed by atoms with Gasteiger partial charge in [0, 0.05) is 50.5 Å². The molecule has 0 unspecified atom stereocenters. The molecule has 8 nitrogen and oxygen atoms in total. The highest BCUT2D eigenvalue weighted by atomic mass is 32.2. The maximum absolute atomic E-state index is 13.3. The third-order valence-electron chi connectivity index (χ3n) is 4.41. The van der Waals surface area contributed by atoms with Gasteiger partial charge in [-0.05, 0) is 31.5 Å². The lowest BCUT2D eigenvalue weighted by molar-refractivity contribution is 0.570. The van der Waals surface area contributed by atoms with E-state index < -0.39 is 10.0 Å². The number of halogens is 1. The van der Waals surface area contributed by atoms with Crippen molar-refractivity contribution in [2.45, 2.75) is 19.9 Å². The van der Waals surface area contributed by atoms with E-state index in [1.165, 1.54) is 12.1 Å². The molecule has 1 aliphatic heterocycles. The molecule has 0 aliphatic carbocycles. The lowest BCUT2D eigenvalue weighted by Crippen LogP contribution is -2.44. The van der Waals surface area contributed by atoms with Crippen molar-refractivity contribution in [3.63, 3.8) is 0 Å². The second-order valence-electron chi connectivity index (χ2n) is 7.19. The van der Waals surface area contributed by atoms with Crippen LogP contribution in [0.25, 0.3) is 11.1 Å². The number of piperazine rings is 1. The predicted octanol–water partition coefficient (Wildman–Crippen LogP) is 1.43. The van der Waals surface area contributed by atoms with Gasteiger partial charge in [0.15, 0.2) is 0 Å². The molecule has 0 saturated carbocycles. The summed E-state index contributed by atoms with van der Waals surface area (Å²) in [5.41, 5.74) is 1.45. The predicted molar refractivity (Wildman–Crippen MR) is 113 cm³/mol. The fourth-order valence-corrected chi connectivity index (χ4v) is 4.29. The molecule has 3 rings (SSSR count). The van der Waals surface area contributed by atoms with E-state index in [1.807, 2.05) is 0 Å². The highest BCUT2D eigenvalue weighted by Crippen LogP contribution is 2.27. The molecule has 10 heteroatoms. The summed E-state index contributed by atoms with van der Waals surface area (Å²) < 4.78 is 40.1. The van der Waals surface area contributed by atoms with Crippen molar-refractivity contribution in [2.75, 3.05) is 48.7 Å². The van der Waals surface area contributed by atoms with Crippen LogP contribution < -0.4 is 20.3 Å². The first-order valence-electron chi connectivity index (χ1n) is 9.66. The normalized spacial score (nSPS) is 15.0. The van der Waals surface area contributed by atoms with E-state index in [4.69, 9.17) is 0 Å². The number of benzene rings is 1. The Morgan fingerprint density at radius 3 is 2.55 bits per heavy atom. The number of sulfonamides is 1. The summed E-state index contributed by atoms with van der Waals surface area (Å²) in [6.07, 6.45) is 1.70. The molecule has 0 spiro atoms. The summed E-state index contributed by atoms with van der Waals surface area (Å²) >= 11 is 0. The Hall–Kier alpha value is -2.30. The Bertz CT molecular complexity index is 915. The van der Waals surface area contributed by atoms with Gasteiger partial charge in [-0.25, -0.2) is 22.5 Å². The van der Waals surface area contributed by atoms with Crippen molar-refractivity contribution < 1.29 is 12.8 Å². The maximum atomic E-state index is 13.3. The Morgan fingerprint density at radius 2 is 1.90 bits per heavy atom. The van der Waals surface area contributed by atoms with Gasteiger partial charge in [-0.2, -0.15) is 4.98 Å². The monoisotopic (exact) mass is 422 g/mol. The Labute approximate surface area is 171 Å². The minimum Gasteiger partial charge on any atom is -0.368 e. The van der Waals surface area contributed by atoms with Gasteiger partial charge in [0.2, 0.25) is 16.0 Å². The van der Waals surface area contributed by atoms with Crippen LogP contribution in [0.1, 0.15) is 13.8 Å². The van der Waals surface area contributed by atoms with Crippen molar-refractivity contribution in [3.8, 4) is 11.1 Å². The Morgan fingerprint density at radius 1 is 1.21 bits per heavy atom. The number of anilines is 2. The topological polar surface area (TPSA) is 99.2 Å². The quantitative estimate of drug-likeness (QED) is 0.592. The summed E-state index contributed by atoms with van der Waals surface area (Å²) in [4.78, 5) is 11.2. The van der Waals surface area contributed by atoms with E-state index in [0.717, 1.165) is 31.7 Å². The maximum Gasteiger partial charge on any atom is 0.227 e. The molecule has 1 aliphatic rings. The van der Waals surface area contributed by atoms with Crippen molar-refractivity contribution in [3.05, 3.63) is 36.3 Å². The highest BCUT2D eigenvalue weighted by Gasteiger charge is 2.17. The SMILES string of the molecule is CC(C)NS(=O)(=O)CCNc1nc(N2CCNCC2)ncc1-c1ccc(F)cc1. The average molecular weight is 423 g/mol. The van der Waals surface area contributed by atoms with Crippen LogP contribution in [0.5, 0.6) is 0 Å². The molecule has 1 saturated heterocycles. The first-order valence-corrected chi connectivity index (χ1v) is 11.3. The smallest absolute Gasteiger partial charge is 0.227 e. The van der Waals surface area contributed by atoms with Crippen LogP contribution in [0.15, 0.2) is 30.5 Å². The first kappa shape index (κ1) is 21.4. The minimum atomic E-state index is -3.39. The van der Waals surface area contributed by atoms with Crippen LogP contribution in [-0.2, 0) is 10.0 Å². The highest BCUT2D eigenvalue weighted by molar-refractivity contribution is 7.89. The van der Waals surface area contributed by atoms with Gasteiger partial charge in [0.05, 0.1) is 5.75 Å². The minimum absolute atomic E-state index is 0.0823. The van der Waals surface area contributed by atoms with Crippen LogP contribution in [-0.4, -0.2) is 62.9 Å². The van der Waals surface area contributed by atoms with Crippen LogP contribution in [0.4, 0.5) is 16.2 Å². The van der Waals surface area contributed by atoms with E-state index in [1.54, 1.807) is 32.2 Å². The molecule has 0 bridgehead atoms. The lowest BCUT2D eigenvalue weighted by Gasteiger charge is -2.28. The molecule has 3 N–H and O–H groups in total. The van der Waals surface area contributed by atoms with Crippen molar-refractivity contribution >= 4 is 21.8 Å². The second kappa shape index (κ2) is 9.47. The van der Waals surface area contributed by atoms with Crippen LogP contribution in [0.3, 0.4) is 0 Å². The zero-order valence-electron chi connectivity index (χ0n) is 16.7. The number of hydrogen-bond acceptors (Lipinski definition) is 7. The van der Waals surface area contributed by atoms with Gasteiger partial charge in [-0.1, -0.05) is 12.1 Å². The molecule has 2 aromatic rings. The molecular formula is C19H27FN6O2S. The lowest BCUT2D eigenvalue weighted by atomic mass is 10.1. The number of rotatable bonds is 8. The van der Waals surface area contributed by atoms with Gasteiger partial charge in [-0.3, -0.25) is 0 Å². The molecule has 0 amide bonds. The van der Waals surface area contributed by atoms with Crippen molar-refractivity contribution in [1.29, 1.82) is 0 Å². The van der Waals surface area contributed by atoms with Gasteiger partial charge in [-0.15, -0.1) is 0 Å². The van der Waals surface area contributed by atoms with Crippen LogP contribution in [0.2, 0.25) is 0 Å². The van der Waals surface area contributed by atoms with E-state index in [2.05, 4.69) is 30.2 Å². The molecule has 2 heterocycles. The average Bonchev–Trinajstić information content (AvgIpc) is 2.68. The molecule has 0 atom stereocenters. The third-order valence-corrected chi connectivity index (χ3v) is 5.98. The van der Waals surface area contributed by atoms with Gasteiger partial charge in [0.1, 0.15) is 11.6 Å². The van der Waals surface area contributed by atoms with E-state index >= 15 is 0 Å². The molecule has 29 heavy (non-hydrogen) atoms. The van der Waals surface area contributed by atoms with Crippen LogP contribution >= 0.6 is 0 Å². The molecule has 1 aromatic heterocycles. The Balaban J connectivity index is 1.83. The molecular weight excluding hydrogens is 395 g/mol. The summed E-state index contributed by atoms with van der Waals surface area (Å²) in [7, 11) is -3.39. The summed E-state index contributed by atoms with van der Waals surface area (Å²) in [6, 6.07) is 5.90. The van der Waals surface area contributed by atoms with Gasteiger partial charge < -0.3 is 15.5 Å². The van der Waals surface area contributed by atoms with Crippen molar-refractivity contribution in [2.24, 2.45) is 0 Å². The Kier molecular flexibility index (Phi) is 6.99. The standard InChI is InChI=1S/C19H27FN6O2S/c1-14(2)25-29(27,28)12-9-22-18-17(15-3-5-16(20)6-4-15)13-23-19(24-18)26-10-7-21-8-11-26/h3-6,13-14,21,25H,7-12H2,1-2H3,(H,22,23,24). The number of nitrogens with one attached hydrogen (secondary N) is 3. The van der Waals surface area contributed by atoms with Gasteiger partial charge in [0.25, 0.3) is 0 Å². The van der Waals surface area contributed by atoms with Crippen LogP contribution in [0, 0.1) is 5.82 Å². The fraction of sp³-hybridized carbons (Fsp3) is 0.474. The van der Waals surface area contributed by atoms with Gasteiger partial charge >= 0.3 is 0 Å². The van der Waals surface area contributed by atoms with Crippen molar-refractivity contribution in [1.82, 2.24) is 20.0 Å². The van der Waals surface area contributed by atoms with E-state index in [0.29, 0.717) is 17.3 Å². The molecule has 0 radical (unpaired) electrons. The zero-order valence-corrected chi connectivity index (χ0v) is 17.5. The molecule has 1 fully saturated rings. The summed E-state index contributed by atoms with van der Waals surface area (Å²) in [5, 5.41) is 6.41. The third kappa shape index (κ3) is 6.09. The largest absolute Gasteiger partial charge is 0.368 e. The molecule has 1 aromatic carbocycles. The second-order valence-corrected chi connectivity index (χ2v) is 9.07. The fourth-order valence-electron chi connectivity index (χ4n) is 3.09. The number of nitrogens with zero attached hydrogens (tertiary/aromatic N) is 3. The first-order chi connectivity index (χ1) is 13.8. The van der Waals surface area contributed by atoms with E-state index in [-0.39, 0.29) is 24.2 Å². The van der Waals surface area contributed by atoms with E-state index in [9.17, 15) is 12.8 Å². The molecule has 158 valence electrons. The zero-order chi connectivity index (χ0) is 20.9. The number of hydrogen-bond donors (Lipinski definition) is 3. The summed E-state index contributed by atoms with van der Waals surface area (Å²) in [6.45, 7) is 7.04. The summed E-state index contributed by atoms with van der Waals surface area (Å²) in [5.74, 6) is 0.705.